The first-order chi connectivity index (χ1) is 7.36. The van der Waals surface area contributed by atoms with Crippen LogP contribution in [0.15, 0.2) is 24.3 Å². The van der Waals surface area contributed by atoms with E-state index >= 15 is 0 Å². The average Bonchev–Trinajstić information content (AvgIpc) is 2.30. The molecule has 1 aliphatic carbocycles. The number of nitrogen functional groups attached to an aromatic ring is 1. The summed E-state index contributed by atoms with van der Waals surface area (Å²) in [4.78, 5) is 3.51. The molecule has 5 heteroatoms. The number of para-hydroxylation sites is 1. The molecule has 0 bridgehead atoms. The molecule has 0 amide bonds. The van der Waals surface area contributed by atoms with Crippen LogP contribution in [0.1, 0.15) is 24.1 Å². The van der Waals surface area contributed by atoms with Crippen molar-refractivity contribution in [1.29, 1.82) is 0 Å². The number of rotatable bonds is 0. The van der Waals surface area contributed by atoms with Gasteiger partial charge in [-0.3, -0.25) is 0 Å². The fourth-order valence-corrected chi connectivity index (χ4v) is 2.49. The highest BCUT2D eigenvalue weighted by Crippen LogP contribution is 2.28. The summed E-state index contributed by atoms with van der Waals surface area (Å²) < 4.78 is 0. The lowest BCUT2D eigenvalue weighted by Gasteiger charge is -2.13. The molecule has 100 valence electrons. The highest BCUT2D eigenvalue weighted by molar-refractivity contribution is 5.89. The second-order valence-electron chi connectivity index (χ2n) is 4.25. The Kier molecular flexibility index (Phi) is 6.05. The van der Waals surface area contributed by atoms with Crippen LogP contribution in [0.3, 0.4) is 0 Å². The summed E-state index contributed by atoms with van der Waals surface area (Å²) in [5.41, 5.74) is 11.1. The van der Waals surface area contributed by atoms with Crippen molar-refractivity contribution in [2.24, 2.45) is 0 Å². The Labute approximate surface area is 112 Å². The Morgan fingerprint density at radius 2 is 1.67 bits per heavy atom. The third-order valence-corrected chi connectivity index (χ3v) is 3.30. The second-order valence-corrected chi connectivity index (χ2v) is 4.25. The highest BCUT2D eigenvalue weighted by atomic mass is 35.5. The van der Waals surface area contributed by atoms with E-state index in [-0.39, 0.29) is 23.4 Å². The normalized spacial score (nSPS) is 12.7. The van der Waals surface area contributed by atoms with Crippen LogP contribution in [-0.4, -0.2) is 11.0 Å². The first kappa shape index (κ1) is 16.6. The number of hydrogen-bond donors (Lipinski definition) is 1. The Balaban J connectivity index is 0.000000963. The Hall–Kier alpha value is -1.36. The Bertz CT molecular complexity index is 532. The van der Waals surface area contributed by atoms with E-state index in [4.69, 9.17) is 5.73 Å². The van der Waals surface area contributed by atoms with Gasteiger partial charge in [0, 0.05) is 18.1 Å². The first-order valence-corrected chi connectivity index (χ1v) is 5.57. The summed E-state index contributed by atoms with van der Waals surface area (Å²) in [6, 6.07) is 8.28. The number of pyridine rings is 1. The van der Waals surface area contributed by atoms with Gasteiger partial charge in [-0.15, -0.1) is 0 Å². The molecule has 0 atom stereocenters. The molecule has 7 N–H and O–H groups in total. The van der Waals surface area contributed by atoms with Crippen LogP contribution >= 0.6 is 0 Å². The van der Waals surface area contributed by atoms with E-state index in [0.29, 0.717) is 0 Å². The minimum absolute atomic E-state index is 0. The van der Waals surface area contributed by atoms with Gasteiger partial charge >= 0.3 is 0 Å². The molecular weight excluding hydrogens is 252 g/mol. The molecule has 1 heterocycles. The first-order valence-electron chi connectivity index (χ1n) is 5.57. The van der Waals surface area contributed by atoms with E-state index in [9.17, 15) is 0 Å². The molecule has 0 aliphatic heterocycles. The summed E-state index contributed by atoms with van der Waals surface area (Å²) >= 11 is 0. The maximum atomic E-state index is 6.22. The molecule has 1 aliphatic rings. The largest absolute Gasteiger partial charge is 1.00 e. The van der Waals surface area contributed by atoms with Gasteiger partial charge in [0.1, 0.15) is 0 Å². The smallest absolute Gasteiger partial charge is 0.213 e. The monoisotopic (exact) mass is 270 g/mol. The molecule has 0 fully saturated rings. The standard InChI is InChI=1S/C13H14N2.ClH.2H2O/c14-13-9-5-1-3-7-11(9)15-12-8-4-2-6-10(12)13;;;/h1,3,5,7H,2,4,6,8H2,(H2,14,15);1H;2*1H2. The molecule has 2 aromatic rings. The zero-order chi connectivity index (χ0) is 10.3. The average molecular weight is 271 g/mol. The molecule has 4 nitrogen and oxygen atoms in total. The van der Waals surface area contributed by atoms with E-state index < -0.39 is 0 Å². The lowest BCUT2D eigenvalue weighted by Crippen LogP contribution is -3.00. The summed E-state index contributed by atoms with van der Waals surface area (Å²) in [6.07, 6.45) is 4.82. The van der Waals surface area contributed by atoms with Crippen LogP contribution in [0.25, 0.3) is 10.9 Å². The van der Waals surface area contributed by atoms with Crippen LogP contribution in [0, 0.1) is 0 Å². The maximum absolute atomic E-state index is 6.22. The number of hydrogen-bond acceptors (Lipinski definition) is 1. The van der Waals surface area contributed by atoms with Crippen molar-refractivity contribution in [2.75, 3.05) is 5.73 Å². The van der Waals surface area contributed by atoms with Crippen LogP contribution in [0.4, 0.5) is 5.69 Å². The number of aromatic amines is 1. The fraction of sp³-hybridized carbons (Fsp3) is 0.308. The number of aryl methyl sites for hydroxylation is 1. The van der Waals surface area contributed by atoms with Gasteiger partial charge in [-0.2, -0.15) is 0 Å². The number of aromatic nitrogens is 1. The zero-order valence-corrected chi connectivity index (χ0v) is 10.8. The van der Waals surface area contributed by atoms with Gasteiger partial charge in [0.05, 0.1) is 11.1 Å². The quantitative estimate of drug-likeness (QED) is 0.560. The number of nitrogens with two attached hydrogens (primary N) is 1. The molecule has 3 rings (SSSR count). The molecule has 0 spiro atoms. The topological polar surface area (TPSA) is 103 Å². The van der Waals surface area contributed by atoms with Gasteiger partial charge in [0.2, 0.25) is 5.52 Å². The van der Waals surface area contributed by atoms with Gasteiger partial charge in [-0.25, -0.2) is 4.98 Å². The molecule has 0 saturated heterocycles. The van der Waals surface area contributed by atoms with Gasteiger partial charge in [-0.05, 0) is 25.3 Å². The van der Waals surface area contributed by atoms with E-state index in [1.165, 1.54) is 24.1 Å². The molecule has 1 aromatic heterocycles. The third-order valence-electron chi connectivity index (χ3n) is 3.30. The summed E-state index contributed by atoms with van der Waals surface area (Å²) in [5.74, 6) is 0. The molecule has 0 radical (unpaired) electrons. The molecular formula is C13H19ClN2O2. The summed E-state index contributed by atoms with van der Waals surface area (Å²) in [5, 5.41) is 1.16. The van der Waals surface area contributed by atoms with Gasteiger partial charge in [-0.1, -0.05) is 12.1 Å². The Morgan fingerprint density at radius 3 is 2.44 bits per heavy atom. The maximum Gasteiger partial charge on any atom is 0.213 e. The number of anilines is 1. The Morgan fingerprint density at radius 1 is 1.00 bits per heavy atom. The van der Waals surface area contributed by atoms with Crippen LogP contribution in [-0.2, 0) is 12.8 Å². The van der Waals surface area contributed by atoms with E-state index in [0.717, 1.165) is 29.4 Å². The van der Waals surface area contributed by atoms with Crippen molar-refractivity contribution in [1.82, 2.24) is 0 Å². The number of halogens is 1. The second kappa shape index (κ2) is 6.54. The van der Waals surface area contributed by atoms with E-state index in [2.05, 4.69) is 17.1 Å². The summed E-state index contributed by atoms with van der Waals surface area (Å²) in [6.45, 7) is 0. The van der Waals surface area contributed by atoms with Crippen LogP contribution in [0.2, 0.25) is 0 Å². The lowest BCUT2D eigenvalue weighted by atomic mass is 9.93. The molecule has 18 heavy (non-hydrogen) atoms. The lowest BCUT2D eigenvalue weighted by molar-refractivity contribution is -0.359. The predicted octanol–water partition coefficient (Wildman–Crippen LogP) is -2.53. The third kappa shape index (κ3) is 2.56. The van der Waals surface area contributed by atoms with Crippen LogP contribution < -0.4 is 23.1 Å². The van der Waals surface area contributed by atoms with E-state index in [1.54, 1.807) is 0 Å². The van der Waals surface area contributed by atoms with Gasteiger partial charge < -0.3 is 29.1 Å². The van der Waals surface area contributed by atoms with Crippen molar-refractivity contribution < 1.29 is 28.3 Å². The summed E-state index contributed by atoms with van der Waals surface area (Å²) in [7, 11) is 0. The molecule has 0 unspecified atom stereocenters. The minimum Gasteiger partial charge on any atom is -1.00 e. The number of nitrogens with one attached hydrogen (secondary N) is 1. The van der Waals surface area contributed by atoms with Crippen molar-refractivity contribution in [3.8, 4) is 0 Å². The zero-order valence-electron chi connectivity index (χ0n) is 10.1. The predicted molar refractivity (Wildman–Crippen MR) is 68.8 cm³/mol. The minimum atomic E-state index is 0. The van der Waals surface area contributed by atoms with Gasteiger partial charge in [0.25, 0.3) is 0 Å². The highest BCUT2D eigenvalue weighted by Gasteiger charge is 2.20. The van der Waals surface area contributed by atoms with E-state index in [1.807, 2.05) is 12.1 Å². The van der Waals surface area contributed by atoms with Crippen molar-refractivity contribution in [3.63, 3.8) is 0 Å². The van der Waals surface area contributed by atoms with Crippen molar-refractivity contribution >= 4 is 16.6 Å². The van der Waals surface area contributed by atoms with Crippen molar-refractivity contribution in [2.45, 2.75) is 25.7 Å². The number of fused-ring (bicyclic) bond motifs is 2. The molecule has 0 saturated carbocycles. The number of H-pyrrole nitrogens is 1. The van der Waals surface area contributed by atoms with Gasteiger partial charge in [0.15, 0.2) is 5.69 Å². The molecule has 1 aromatic carbocycles. The number of benzene rings is 1. The van der Waals surface area contributed by atoms with Crippen LogP contribution in [0.5, 0.6) is 0 Å². The SMILES string of the molecule is Nc1c2c([nH+]c3ccccc13)CCCC2.O.O.[Cl-]. The fourth-order valence-electron chi connectivity index (χ4n) is 2.49. The van der Waals surface area contributed by atoms with Crippen molar-refractivity contribution in [3.05, 3.63) is 35.5 Å².